The van der Waals surface area contributed by atoms with Gasteiger partial charge in [-0.25, -0.2) is 0 Å². The number of aromatic nitrogens is 2. The van der Waals surface area contributed by atoms with Gasteiger partial charge in [0.2, 0.25) is 0 Å². The molecule has 0 bridgehead atoms. The second-order valence-electron chi connectivity index (χ2n) is 11.8. The predicted molar refractivity (Wildman–Crippen MR) is 188 cm³/mol. The number of benzene rings is 4. The number of fused-ring (bicyclic) bond motifs is 2. The average molecular weight is 763 g/mol. The molecular formula is C35H23Cl2F6N5O2S. The summed E-state index contributed by atoms with van der Waals surface area (Å²) < 4.78 is 83.6. The maximum Gasteiger partial charge on any atom is 0.435 e. The zero-order valence-corrected chi connectivity index (χ0v) is 28.1. The molecular weight excluding hydrogens is 739 g/mol. The Morgan fingerprint density at radius 1 is 0.882 bits per heavy atom. The average Bonchev–Trinajstić information content (AvgIpc) is 3.76. The Morgan fingerprint density at radius 2 is 1.53 bits per heavy atom. The molecule has 4 aromatic carbocycles. The van der Waals surface area contributed by atoms with Crippen LogP contribution in [0.25, 0.3) is 33.1 Å². The van der Waals surface area contributed by atoms with Crippen LogP contribution < -0.4 is 10.6 Å². The first kappa shape index (κ1) is 34.6. The smallest absolute Gasteiger partial charge is 0.374 e. The molecule has 1 atom stereocenters. The van der Waals surface area contributed by atoms with Crippen LogP contribution in [-0.2, 0) is 10.4 Å². The van der Waals surface area contributed by atoms with Gasteiger partial charge in [0.1, 0.15) is 12.4 Å². The Morgan fingerprint density at radius 3 is 2.18 bits per heavy atom. The van der Waals surface area contributed by atoms with E-state index in [1.807, 2.05) is 0 Å². The fourth-order valence-corrected chi connectivity index (χ4v) is 6.97. The third kappa shape index (κ3) is 6.47. The molecule has 7 nitrogen and oxygen atoms in total. The van der Waals surface area contributed by atoms with E-state index in [9.17, 15) is 31.1 Å². The first-order valence-electron chi connectivity index (χ1n) is 15.1. The number of rotatable bonds is 7. The number of anilines is 2. The molecule has 16 heteroatoms. The highest BCUT2D eigenvalue weighted by Gasteiger charge is 2.62. The third-order valence-corrected chi connectivity index (χ3v) is 9.26. The van der Waals surface area contributed by atoms with Crippen LogP contribution >= 0.6 is 35.8 Å². The Kier molecular flexibility index (Phi) is 8.67. The summed E-state index contributed by atoms with van der Waals surface area (Å²) in [6, 6.07) is 21.6. The first-order valence-corrected chi connectivity index (χ1v) is 16.3. The first-order chi connectivity index (χ1) is 24.1. The summed E-state index contributed by atoms with van der Waals surface area (Å²) in [7, 11) is 0. The van der Waals surface area contributed by atoms with Crippen molar-refractivity contribution in [3.8, 4) is 11.3 Å². The van der Waals surface area contributed by atoms with Gasteiger partial charge in [-0.1, -0.05) is 70.8 Å². The SMILES string of the molecule is O=C(Nc1[nH]c2ccccc2c1-c1[nH]c2ccccc2c1NCC(F)(F)F)c1ccc(C2=NOC(c3cc(Cl)cc(Cl)c3)(C(F)(F)F)C2)cc1S. The largest absolute Gasteiger partial charge is 0.435 e. The number of carbonyl (C=O) groups is 1. The number of thiol groups is 1. The number of H-pyrrole nitrogens is 2. The Bertz CT molecular complexity index is 2350. The van der Waals surface area contributed by atoms with Gasteiger partial charge in [0.05, 0.1) is 28.2 Å². The molecule has 262 valence electrons. The Labute approximate surface area is 300 Å². The van der Waals surface area contributed by atoms with E-state index >= 15 is 0 Å². The minimum Gasteiger partial charge on any atom is -0.374 e. The van der Waals surface area contributed by atoms with Crippen molar-refractivity contribution in [3.05, 3.63) is 112 Å². The zero-order chi connectivity index (χ0) is 36.3. The Hall–Kier alpha value is -4.79. The quantitative estimate of drug-likeness (QED) is 0.0828. The number of amides is 1. The molecule has 51 heavy (non-hydrogen) atoms. The minimum atomic E-state index is -4.90. The van der Waals surface area contributed by atoms with Crippen molar-refractivity contribution in [2.45, 2.75) is 29.3 Å². The molecule has 0 aliphatic carbocycles. The monoisotopic (exact) mass is 761 g/mol. The lowest BCUT2D eigenvalue weighted by Gasteiger charge is -2.29. The highest BCUT2D eigenvalue weighted by molar-refractivity contribution is 7.80. The van der Waals surface area contributed by atoms with E-state index in [0.29, 0.717) is 33.1 Å². The van der Waals surface area contributed by atoms with Crippen LogP contribution in [0, 0.1) is 0 Å². The molecule has 4 N–H and O–H groups in total. The van der Waals surface area contributed by atoms with Crippen LogP contribution in [-0.4, -0.2) is 40.5 Å². The van der Waals surface area contributed by atoms with Gasteiger partial charge < -0.3 is 25.4 Å². The van der Waals surface area contributed by atoms with Gasteiger partial charge in [0.25, 0.3) is 11.5 Å². The number of para-hydroxylation sites is 2. The number of alkyl halides is 6. The van der Waals surface area contributed by atoms with Crippen molar-refractivity contribution in [1.82, 2.24) is 9.97 Å². The number of nitrogens with zero attached hydrogens (tertiary/aromatic N) is 1. The fraction of sp³-hybridized carbons (Fsp3) is 0.143. The molecule has 1 unspecified atom stereocenters. The lowest BCUT2D eigenvalue weighted by molar-refractivity contribution is -0.275. The number of hydrogen-bond acceptors (Lipinski definition) is 5. The third-order valence-electron chi connectivity index (χ3n) is 8.46. The minimum absolute atomic E-state index is 0.0114. The maximum atomic E-state index is 14.5. The number of carbonyl (C=O) groups excluding carboxylic acids is 1. The summed E-state index contributed by atoms with van der Waals surface area (Å²) in [5, 5.41) is 10.2. The lowest BCUT2D eigenvalue weighted by atomic mass is 9.86. The molecule has 3 heterocycles. The molecule has 1 aliphatic heterocycles. The van der Waals surface area contributed by atoms with E-state index < -0.39 is 36.8 Å². The lowest BCUT2D eigenvalue weighted by Crippen LogP contribution is -2.42. The van der Waals surface area contributed by atoms with Crippen LogP contribution in [0.2, 0.25) is 10.0 Å². The van der Waals surface area contributed by atoms with Gasteiger partial charge in [-0.2, -0.15) is 26.3 Å². The molecule has 0 spiro atoms. The van der Waals surface area contributed by atoms with Crippen molar-refractivity contribution >= 4 is 80.8 Å². The van der Waals surface area contributed by atoms with E-state index in [0.717, 1.165) is 12.1 Å². The molecule has 2 aromatic heterocycles. The maximum absolute atomic E-state index is 14.5. The van der Waals surface area contributed by atoms with Crippen LogP contribution in [0.4, 0.5) is 37.8 Å². The van der Waals surface area contributed by atoms with Crippen LogP contribution in [0.3, 0.4) is 0 Å². The predicted octanol–water partition coefficient (Wildman–Crippen LogP) is 10.7. The molecule has 0 saturated carbocycles. The van der Waals surface area contributed by atoms with E-state index in [-0.39, 0.29) is 48.8 Å². The van der Waals surface area contributed by atoms with Gasteiger partial charge in [-0.05, 0) is 42.5 Å². The highest BCUT2D eigenvalue weighted by Crippen LogP contribution is 2.50. The normalized spacial score (nSPS) is 16.4. The summed E-state index contributed by atoms with van der Waals surface area (Å²) in [6.45, 7) is -1.30. The number of aromatic amines is 2. The number of hydrogen-bond donors (Lipinski definition) is 5. The van der Waals surface area contributed by atoms with Crippen LogP contribution in [0.1, 0.15) is 27.9 Å². The van der Waals surface area contributed by atoms with Crippen molar-refractivity contribution in [3.63, 3.8) is 0 Å². The second-order valence-corrected chi connectivity index (χ2v) is 13.1. The summed E-state index contributed by atoms with van der Waals surface area (Å²) >= 11 is 16.5. The van der Waals surface area contributed by atoms with Crippen LogP contribution in [0.15, 0.2) is 95.0 Å². The van der Waals surface area contributed by atoms with Crippen molar-refractivity contribution in [2.75, 3.05) is 17.2 Å². The van der Waals surface area contributed by atoms with Crippen LogP contribution in [0.5, 0.6) is 0 Å². The Balaban J connectivity index is 1.21. The molecule has 7 rings (SSSR count). The molecule has 0 saturated heterocycles. The summed E-state index contributed by atoms with van der Waals surface area (Å²) in [5.74, 6) is -0.466. The van der Waals surface area contributed by atoms with E-state index in [4.69, 9.17) is 28.0 Å². The molecule has 0 radical (unpaired) electrons. The fourth-order valence-electron chi connectivity index (χ4n) is 6.13. The summed E-state index contributed by atoms with van der Waals surface area (Å²) in [4.78, 5) is 25.3. The van der Waals surface area contributed by atoms with Gasteiger partial charge in [-0.3, -0.25) is 4.79 Å². The molecule has 0 fully saturated rings. The van der Waals surface area contributed by atoms with E-state index in [1.165, 1.54) is 24.3 Å². The van der Waals surface area contributed by atoms with Gasteiger partial charge in [0.15, 0.2) is 0 Å². The molecule has 1 amide bonds. The molecule has 6 aromatic rings. The van der Waals surface area contributed by atoms with Crippen molar-refractivity contribution in [2.24, 2.45) is 5.16 Å². The van der Waals surface area contributed by atoms with Gasteiger partial charge >= 0.3 is 12.4 Å². The second kappa shape index (κ2) is 12.8. The van der Waals surface area contributed by atoms with Crippen molar-refractivity contribution in [1.29, 1.82) is 0 Å². The zero-order valence-electron chi connectivity index (χ0n) is 25.7. The number of oxime groups is 1. The van der Waals surface area contributed by atoms with Crippen molar-refractivity contribution < 1.29 is 36.0 Å². The number of halogens is 8. The number of nitrogens with one attached hydrogen (secondary N) is 4. The van der Waals surface area contributed by atoms with Gasteiger partial charge in [0, 0.05) is 54.3 Å². The van der Waals surface area contributed by atoms with E-state index in [1.54, 1.807) is 48.5 Å². The van der Waals surface area contributed by atoms with Gasteiger partial charge in [-0.15, -0.1) is 12.6 Å². The topological polar surface area (TPSA) is 94.3 Å². The van der Waals surface area contributed by atoms with E-state index in [2.05, 4.69) is 38.4 Å². The summed E-state index contributed by atoms with van der Waals surface area (Å²) in [5.41, 5.74) is -0.887. The molecule has 1 aliphatic rings. The summed E-state index contributed by atoms with van der Waals surface area (Å²) in [6.07, 6.45) is -10.1. The highest BCUT2D eigenvalue weighted by atomic mass is 35.5. The standard InChI is InChI=1S/C35H23Cl2F6N5O2S/c36-19-12-18(13-20(37)14-19)33(35(41,42)43)15-26(48-50-33)17-9-10-23(27(51)11-17)32(49)47-31-28(21-5-1-3-7-24(21)46-31)30-29(44-16-34(38,39)40)22-6-2-4-8-25(22)45-30/h1-14,44-46,51H,15-16H2,(H,47,49).